The molecule has 1 atom stereocenters. The summed E-state index contributed by atoms with van der Waals surface area (Å²) in [5.41, 5.74) is 0.977. The van der Waals surface area contributed by atoms with Crippen LogP contribution in [0, 0.1) is 6.92 Å². The van der Waals surface area contributed by atoms with Gasteiger partial charge in [0.2, 0.25) is 5.82 Å². The molecule has 1 heterocycles. The number of aromatic nitrogens is 2. The first-order chi connectivity index (χ1) is 14.2. The number of carbonyl (C=O) groups excluding carboxylic acids is 1. The molecule has 0 radical (unpaired) electrons. The lowest BCUT2D eigenvalue weighted by Gasteiger charge is -2.10. The van der Waals surface area contributed by atoms with Gasteiger partial charge in [-0.25, -0.2) is 0 Å². The van der Waals surface area contributed by atoms with Crippen LogP contribution in [0.1, 0.15) is 35.6 Å². The van der Waals surface area contributed by atoms with E-state index in [0.29, 0.717) is 11.3 Å². The highest BCUT2D eigenvalue weighted by atomic mass is 19.4. The molecule has 0 saturated heterocycles. The van der Waals surface area contributed by atoms with Crippen molar-refractivity contribution in [3.05, 3.63) is 65.0 Å². The number of hydrogen-bond acceptors (Lipinski definition) is 6. The Hall–Kier alpha value is -3.36. The number of esters is 1. The minimum atomic E-state index is -4.48. The zero-order valence-corrected chi connectivity index (χ0v) is 16.5. The summed E-state index contributed by atoms with van der Waals surface area (Å²) < 4.78 is 54.3. The Morgan fingerprint density at radius 1 is 1.20 bits per heavy atom. The first-order valence-electron chi connectivity index (χ1n) is 9.01. The summed E-state index contributed by atoms with van der Waals surface area (Å²) in [5.74, 6) is 0.0997. The Bertz CT molecular complexity index is 1050. The zero-order chi connectivity index (χ0) is 21.9. The average Bonchev–Trinajstić information content (AvgIpc) is 3.19. The van der Waals surface area contributed by atoms with Gasteiger partial charge in [0.15, 0.2) is 6.10 Å². The number of aryl methyl sites for hydroxylation is 1. The van der Waals surface area contributed by atoms with Crippen LogP contribution in [0.3, 0.4) is 0 Å². The summed E-state index contributed by atoms with van der Waals surface area (Å²) in [6, 6.07) is 9.95. The highest BCUT2D eigenvalue weighted by Gasteiger charge is 2.31. The van der Waals surface area contributed by atoms with E-state index >= 15 is 0 Å². The largest absolute Gasteiger partial charge is 0.496 e. The Labute approximate surface area is 170 Å². The van der Waals surface area contributed by atoms with E-state index in [4.69, 9.17) is 14.0 Å². The quantitative estimate of drug-likeness (QED) is 0.527. The van der Waals surface area contributed by atoms with Crippen molar-refractivity contribution in [2.75, 3.05) is 7.11 Å². The van der Waals surface area contributed by atoms with Crippen LogP contribution in [-0.4, -0.2) is 23.2 Å². The Morgan fingerprint density at radius 2 is 1.97 bits per heavy atom. The van der Waals surface area contributed by atoms with Gasteiger partial charge in [0.1, 0.15) is 5.75 Å². The van der Waals surface area contributed by atoms with Gasteiger partial charge in [0, 0.05) is 5.56 Å². The van der Waals surface area contributed by atoms with Gasteiger partial charge in [-0.2, -0.15) is 18.2 Å². The number of ether oxygens (including phenoxy) is 2. The highest BCUT2D eigenvalue weighted by molar-refractivity contribution is 5.73. The zero-order valence-electron chi connectivity index (χ0n) is 16.5. The molecule has 2 aromatic carbocycles. The van der Waals surface area contributed by atoms with Gasteiger partial charge in [0.05, 0.1) is 19.1 Å². The molecule has 1 aromatic heterocycles. The molecule has 6 nitrogen and oxygen atoms in total. The standard InChI is InChI=1S/C21H19F3N2O4/c1-12-7-8-14(9-17(12)28-3)10-18(27)29-13(2)20-25-19(26-30-20)15-5-4-6-16(11-15)21(22,23)24/h4-9,11,13H,10H2,1-3H3. The number of benzene rings is 2. The fourth-order valence-corrected chi connectivity index (χ4v) is 2.78. The number of alkyl halides is 3. The molecule has 0 saturated carbocycles. The molecule has 158 valence electrons. The van der Waals surface area contributed by atoms with Gasteiger partial charge in [-0.1, -0.05) is 29.4 Å². The van der Waals surface area contributed by atoms with E-state index in [0.717, 1.165) is 17.7 Å². The summed E-state index contributed by atoms with van der Waals surface area (Å²) in [5, 5.41) is 3.69. The lowest BCUT2D eigenvalue weighted by Crippen LogP contribution is -2.12. The van der Waals surface area contributed by atoms with Crippen molar-refractivity contribution in [1.82, 2.24) is 10.1 Å². The molecule has 0 bridgehead atoms. The van der Waals surface area contributed by atoms with E-state index in [-0.39, 0.29) is 23.7 Å². The van der Waals surface area contributed by atoms with Crippen LogP contribution in [0.4, 0.5) is 13.2 Å². The van der Waals surface area contributed by atoms with Crippen LogP contribution < -0.4 is 4.74 Å². The molecule has 0 aliphatic carbocycles. The summed E-state index contributed by atoms with van der Waals surface area (Å²) in [6.07, 6.45) is -5.34. The fraction of sp³-hybridized carbons (Fsp3) is 0.286. The molecule has 0 spiro atoms. The second-order valence-electron chi connectivity index (χ2n) is 6.65. The van der Waals surface area contributed by atoms with Gasteiger partial charge in [-0.3, -0.25) is 4.79 Å². The second-order valence-corrected chi connectivity index (χ2v) is 6.65. The van der Waals surface area contributed by atoms with Crippen molar-refractivity contribution >= 4 is 5.97 Å². The molecule has 30 heavy (non-hydrogen) atoms. The Balaban J connectivity index is 1.68. The van der Waals surface area contributed by atoms with Crippen LogP contribution in [0.5, 0.6) is 5.75 Å². The molecule has 0 aliphatic heterocycles. The summed E-state index contributed by atoms with van der Waals surface area (Å²) >= 11 is 0. The molecule has 1 unspecified atom stereocenters. The Kier molecular flexibility index (Phi) is 6.09. The van der Waals surface area contributed by atoms with E-state index < -0.39 is 23.8 Å². The number of nitrogens with zero attached hydrogens (tertiary/aromatic N) is 2. The summed E-state index contributed by atoms with van der Waals surface area (Å²) in [6.45, 7) is 3.43. The second kappa shape index (κ2) is 8.56. The molecular weight excluding hydrogens is 401 g/mol. The third-order valence-corrected chi connectivity index (χ3v) is 4.37. The predicted molar refractivity (Wildman–Crippen MR) is 101 cm³/mol. The van der Waals surface area contributed by atoms with Gasteiger partial charge in [0.25, 0.3) is 5.89 Å². The molecule has 0 aliphatic rings. The monoisotopic (exact) mass is 420 g/mol. The average molecular weight is 420 g/mol. The van der Waals surface area contributed by atoms with Crippen molar-refractivity contribution in [3.8, 4) is 17.1 Å². The summed E-state index contributed by atoms with van der Waals surface area (Å²) in [4.78, 5) is 16.3. The van der Waals surface area contributed by atoms with Gasteiger partial charge in [-0.05, 0) is 43.2 Å². The molecule has 3 aromatic rings. The molecule has 0 N–H and O–H groups in total. The van der Waals surface area contributed by atoms with E-state index in [1.807, 2.05) is 13.0 Å². The summed E-state index contributed by atoms with van der Waals surface area (Å²) in [7, 11) is 1.55. The molecule has 9 heteroatoms. The maximum Gasteiger partial charge on any atom is 0.416 e. The van der Waals surface area contributed by atoms with Crippen molar-refractivity contribution in [2.24, 2.45) is 0 Å². The predicted octanol–water partition coefficient (Wildman–Crippen LogP) is 4.92. The first kappa shape index (κ1) is 21.4. The van der Waals surface area contributed by atoms with Crippen LogP contribution in [-0.2, 0) is 22.1 Å². The third-order valence-electron chi connectivity index (χ3n) is 4.37. The van der Waals surface area contributed by atoms with Crippen LogP contribution in [0.15, 0.2) is 47.0 Å². The maximum absolute atomic E-state index is 12.9. The van der Waals surface area contributed by atoms with Crippen LogP contribution >= 0.6 is 0 Å². The minimum Gasteiger partial charge on any atom is -0.496 e. The van der Waals surface area contributed by atoms with Gasteiger partial charge < -0.3 is 14.0 Å². The number of carbonyl (C=O) groups is 1. The molecule has 0 fully saturated rings. The van der Waals surface area contributed by atoms with E-state index in [2.05, 4.69) is 10.1 Å². The molecular formula is C21H19F3N2O4. The lowest BCUT2D eigenvalue weighted by molar-refractivity contribution is -0.149. The lowest BCUT2D eigenvalue weighted by atomic mass is 10.1. The van der Waals surface area contributed by atoms with E-state index in [1.165, 1.54) is 19.1 Å². The number of rotatable bonds is 6. The van der Waals surface area contributed by atoms with Crippen molar-refractivity contribution < 1.29 is 32.0 Å². The Morgan fingerprint density at radius 3 is 2.67 bits per heavy atom. The van der Waals surface area contributed by atoms with Crippen molar-refractivity contribution in [2.45, 2.75) is 32.5 Å². The molecule has 0 amide bonds. The van der Waals surface area contributed by atoms with Crippen molar-refractivity contribution in [3.63, 3.8) is 0 Å². The third kappa shape index (κ3) is 4.97. The van der Waals surface area contributed by atoms with Gasteiger partial charge in [-0.15, -0.1) is 0 Å². The SMILES string of the molecule is COc1cc(CC(=O)OC(C)c2nc(-c3cccc(C(F)(F)F)c3)no2)ccc1C. The fourth-order valence-electron chi connectivity index (χ4n) is 2.78. The minimum absolute atomic E-state index is 0.00953. The van der Waals surface area contributed by atoms with Crippen LogP contribution in [0.2, 0.25) is 0 Å². The maximum atomic E-state index is 12.9. The van der Waals surface area contributed by atoms with E-state index in [9.17, 15) is 18.0 Å². The highest BCUT2D eigenvalue weighted by Crippen LogP contribution is 2.32. The number of halogens is 3. The van der Waals surface area contributed by atoms with E-state index in [1.54, 1.807) is 19.2 Å². The topological polar surface area (TPSA) is 74.5 Å². The number of hydrogen-bond donors (Lipinski definition) is 0. The molecule has 3 rings (SSSR count). The van der Waals surface area contributed by atoms with Gasteiger partial charge >= 0.3 is 12.1 Å². The van der Waals surface area contributed by atoms with Crippen molar-refractivity contribution in [1.29, 1.82) is 0 Å². The normalized spacial score (nSPS) is 12.5. The smallest absolute Gasteiger partial charge is 0.416 e. The van der Waals surface area contributed by atoms with Crippen LogP contribution in [0.25, 0.3) is 11.4 Å². The first-order valence-corrected chi connectivity index (χ1v) is 9.01. The number of methoxy groups -OCH3 is 1.